The molecule has 5 heteroatoms. The number of nitrogens with zero attached hydrogens (tertiary/aromatic N) is 3. The van der Waals surface area contributed by atoms with Crippen LogP contribution >= 0.6 is 0 Å². The van der Waals surface area contributed by atoms with E-state index in [9.17, 15) is 4.79 Å². The third kappa shape index (κ3) is 3.49. The van der Waals surface area contributed by atoms with Crippen molar-refractivity contribution >= 4 is 5.91 Å². The van der Waals surface area contributed by atoms with Gasteiger partial charge in [0.05, 0.1) is 17.0 Å². The van der Waals surface area contributed by atoms with Gasteiger partial charge in [0.2, 0.25) is 0 Å². The molecule has 1 heterocycles. The lowest BCUT2D eigenvalue weighted by Crippen LogP contribution is -2.33. The average Bonchev–Trinajstić information content (AvgIpc) is 2.34. The molecule has 1 aromatic heterocycles. The summed E-state index contributed by atoms with van der Waals surface area (Å²) in [5.74, 6) is 0.00935. The van der Waals surface area contributed by atoms with Gasteiger partial charge in [-0.25, -0.2) is 0 Å². The number of rotatable bonds is 5. The van der Waals surface area contributed by atoms with Crippen LogP contribution in [0.3, 0.4) is 0 Å². The molecule has 1 amide bonds. The van der Waals surface area contributed by atoms with Crippen molar-refractivity contribution in [3.8, 4) is 0 Å². The van der Waals surface area contributed by atoms with Gasteiger partial charge in [-0.3, -0.25) is 4.79 Å². The average molecular weight is 236 g/mol. The molecular formula is C12H20N4O. The van der Waals surface area contributed by atoms with Crippen molar-refractivity contribution in [2.45, 2.75) is 20.3 Å². The van der Waals surface area contributed by atoms with E-state index in [4.69, 9.17) is 0 Å². The van der Waals surface area contributed by atoms with Gasteiger partial charge >= 0.3 is 0 Å². The van der Waals surface area contributed by atoms with Crippen molar-refractivity contribution < 1.29 is 4.79 Å². The minimum atomic E-state index is 0.00935. The lowest BCUT2D eigenvalue weighted by Gasteiger charge is -2.18. The Hall–Kier alpha value is -1.49. The highest BCUT2D eigenvalue weighted by molar-refractivity contribution is 5.95. The molecule has 94 valence electrons. The van der Waals surface area contributed by atoms with Gasteiger partial charge in [-0.05, 0) is 26.5 Å². The molecule has 0 bridgehead atoms. The Kier molecular flexibility index (Phi) is 5.03. The highest BCUT2D eigenvalue weighted by Crippen LogP contribution is 2.10. The number of carbonyl (C=O) groups is 1. The van der Waals surface area contributed by atoms with E-state index in [1.54, 1.807) is 11.9 Å². The van der Waals surface area contributed by atoms with Crippen LogP contribution in [-0.4, -0.2) is 48.2 Å². The summed E-state index contributed by atoms with van der Waals surface area (Å²) in [6.45, 7) is 5.28. The highest BCUT2D eigenvalue weighted by atomic mass is 16.2. The molecule has 17 heavy (non-hydrogen) atoms. The van der Waals surface area contributed by atoms with Crippen LogP contribution in [0.15, 0.2) is 6.07 Å². The molecule has 0 aliphatic heterocycles. The fraction of sp³-hybridized carbons (Fsp3) is 0.583. The summed E-state index contributed by atoms with van der Waals surface area (Å²) in [6, 6.07) is 1.81. The van der Waals surface area contributed by atoms with Gasteiger partial charge in [0.25, 0.3) is 5.91 Å². The van der Waals surface area contributed by atoms with Crippen LogP contribution < -0.4 is 5.32 Å². The third-order valence-corrected chi connectivity index (χ3v) is 2.60. The Labute approximate surface area is 102 Å². The predicted octanol–water partition coefficient (Wildman–Crippen LogP) is 0.639. The molecule has 0 unspecified atom stereocenters. The van der Waals surface area contributed by atoms with Crippen molar-refractivity contribution in [2.24, 2.45) is 0 Å². The van der Waals surface area contributed by atoms with E-state index in [1.807, 2.05) is 27.0 Å². The van der Waals surface area contributed by atoms with Crippen LogP contribution in [0, 0.1) is 6.92 Å². The second-order valence-electron chi connectivity index (χ2n) is 4.03. The number of hydrogen-bond donors (Lipinski definition) is 1. The summed E-state index contributed by atoms with van der Waals surface area (Å²) < 4.78 is 0. The summed E-state index contributed by atoms with van der Waals surface area (Å²) in [7, 11) is 3.67. The Bertz CT molecular complexity index is 392. The molecule has 0 atom stereocenters. The summed E-state index contributed by atoms with van der Waals surface area (Å²) in [5, 5.41) is 11.1. The van der Waals surface area contributed by atoms with Crippen molar-refractivity contribution in [1.29, 1.82) is 0 Å². The van der Waals surface area contributed by atoms with Gasteiger partial charge in [0.15, 0.2) is 0 Å². The lowest BCUT2D eigenvalue weighted by molar-refractivity contribution is 0.0795. The molecule has 0 spiro atoms. The molecular weight excluding hydrogens is 216 g/mol. The second kappa shape index (κ2) is 6.30. The molecule has 5 nitrogen and oxygen atoms in total. The SMILES string of the molecule is CCc1nnc(C)cc1C(=O)N(C)CCNC. The number of carbonyl (C=O) groups excluding carboxylic acids is 1. The Morgan fingerprint density at radius 3 is 2.76 bits per heavy atom. The zero-order valence-corrected chi connectivity index (χ0v) is 10.9. The van der Waals surface area contributed by atoms with Gasteiger partial charge in [0, 0.05) is 20.1 Å². The first-order valence-electron chi connectivity index (χ1n) is 5.83. The number of aromatic nitrogens is 2. The third-order valence-electron chi connectivity index (χ3n) is 2.60. The Balaban J connectivity index is 2.90. The lowest BCUT2D eigenvalue weighted by atomic mass is 10.1. The zero-order chi connectivity index (χ0) is 12.8. The molecule has 0 saturated carbocycles. The Morgan fingerprint density at radius 1 is 1.47 bits per heavy atom. The molecule has 1 aromatic rings. The van der Waals surface area contributed by atoms with Crippen molar-refractivity contribution in [1.82, 2.24) is 20.4 Å². The molecule has 0 aliphatic carbocycles. The second-order valence-corrected chi connectivity index (χ2v) is 4.03. The first-order valence-corrected chi connectivity index (χ1v) is 5.83. The van der Waals surface area contributed by atoms with E-state index in [0.29, 0.717) is 18.5 Å². The Morgan fingerprint density at radius 2 is 2.18 bits per heavy atom. The monoisotopic (exact) mass is 236 g/mol. The van der Waals surface area contributed by atoms with Crippen LogP contribution in [-0.2, 0) is 6.42 Å². The fourth-order valence-electron chi connectivity index (χ4n) is 1.55. The van der Waals surface area contributed by atoms with Crippen LogP contribution in [0.2, 0.25) is 0 Å². The quantitative estimate of drug-likeness (QED) is 0.815. The van der Waals surface area contributed by atoms with E-state index in [0.717, 1.165) is 17.9 Å². The van der Waals surface area contributed by atoms with Crippen LogP contribution in [0.5, 0.6) is 0 Å². The summed E-state index contributed by atoms with van der Waals surface area (Å²) in [5.41, 5.74) is 2.20. The molecule has 0 radical (unpaired) electrons. The molecule has 1 N–H and O–H groups in total. The summed E-state index contributed by atoms with van der Waals surface area (Å²) >= 11 is 0. The minimum absolute atomic E-state index is 0.00935. The van der Waals surface area contributed by atoms with Gasteiger partial charge < -0.3 is 10.2 Å². The first-order chi connectivity index (χ1) is 8.10. The summed E-state index contributed by atoms with van der Waals surface area (Å²) in [4.78, 5) is 13.9. The summed E-state index contributed by atoms with van der Waals surface area (Å²) in [6.07, 6.45) is 0.716. The molecule has 0 fully saturated rings. The van der Waals surface area contributed by atoms with Gasteiger partial charge in [-0.1, -0.05) is 6.92 Å². The highest BCUT2D eigenvalue weighted by Gasteiger charge is 2.16. The van der Waals surface area contributed by atoms with Crippen LogP contribution in [0.25, 0.3) is 0 Å². The standard InChI is InChI=1S/C12H20N4O/c1-5-11-10(8-9(2)14-15-11)12(17)16(4)7-6-13-3/h8,13H,5-7H2,1-4H3. The molecule has 0 saturated heterocycles. The van der Waals surface area contributed by atoms with Crippen molar-refractivity contribution in [2.75, 3.05) is 27.2 Å². The van der Waals surface area contributed by atoms with E-state index in [2.05, 4.69) is 15.5 Å². The molecule has 0 aliphatic rings. The number of aryl methyl sites for hydroxylation is 2. The molecule has 0 aromatic carbocycles. The maximum atomic E-state index is 12.2. The van der Waals surface area contributed by atoms with Gasteiger partial charge in [-0.15, -0.1) is 0 Å². The normalized spacial score (nSPS) is 10.4. The molecule has 1 rings (SSSR count). The number of hydrogen-bond acceptors (Lipinski definition) is 4. The van der Waals surface area contributed by atoms with Crippen LogP contribution in [0.4, 0.5) is 0 Å². The van der Waals surface area contributed by atoms with Gasteiger partial charge in [-0.2, -0.15) is 10.2 Å². The van der Waals surface area contributed by atoms with Gasteiger partial charge in [0.1, 0.15) is 0 Å². The minimum Gasteiger partial charge on any atom is -0.340 e. The van der Waals surface area contributed by atoms with Crippen molar-refractivity contribution in [3.63, 3.8) is 0 Å². The largest absolute Gasteiger partial charge is 0.340 e. The predicted molar refractivity (Wildman–Crippen MR) is 67.0 cm³/mol. The maximum Gasteiger partial charge on any atom is 0.255 e. The smallest absolute Gasteiger partial charge is 0.255 e. The van der Waals surface area contributed by atoms with E-state index >= 15 is 0 Å². The van der Waals surface area contributed by atoms with Crippen molar-refractivity contribution in [3.05, 3.63) is 23.0 Å². The number of likely N-dealkylation sites (N-methyl/N-ethyl adjacent to an activating group) is 2. The number of amides is 1. The maximum absolute atomic E-state index is 12.2. The van der Waals surface area contributed by atoms with Crippen LogP contribution in [0.1, 0.15) is 28.7 Å². The van der Waals surface area contributed by atoms with E-state index in [1.165, 1.54) is 0 Å². The van der Waals surface area contributed by atoms with E-state index in [-0.39, 0.29) is 5.91 Å². The topological polar surface area (TPSA) is 58.1 Å². The zero-order valence-electron chi connectivity index (χ0n) is 10.9. The number of nitrogens with one attached hydrogen (secondary N) is 1. The van der Waals surface area contributed by atoms with E-state index < -0.39 is 0 Å². The fourth-order valence-corrected chi connectivity index (χ4v) is 1.55. The first kappa shape index (κ1) is 13.6.